The molecular formula is C32H38N3S+. The van der Waals surface area contributed by atoms with Crippen molar-refractivity contribution in [2.45, 2.75) is 66.7 Å². The predicted octanol–water partition coefficient (Wildman–Crippen LogP) is 8.49. The number of nitrogens with zero attached hydrogens (tertiary/aromatic N) is 3. The maximum absolute atomic E-state index is 5.24. The first-order valence-electron chi connectivity index (χ1n) is 13.2. The minimum absolute atomic E-state index is 0.409. The molecule has 0 radical (unpaired) electrons. The highest BCUT2D eigenvalue weighted by Gasteiger charge is 2.32. The molecule has 0 N–H and O–H groups in total. The predicted molar refractivity (Wildman–Crippen MR) is 155 cm³/mol. The normalized spacial score (nSPS) is 12.2. The zero-order valence-corrected chi connectivity index (χ0v) is 23.7. The third-order valence-corrected chi connectivity index (χ3v) is 8.24. The van der Waals surface area contributed by atoms with Crippen LogP contribution in [-0.2, 0) is 13.5 Å². The van der Waals surface area contributed by atoms with Crippen LogP contribution in [-0.4, -0.2) is 9.55 Å². The number of para-hydroxylation sites is 3. The lowest BCUT2D eigenvalue weighted by Crippen LogP contribution is -2.30. The maximum atomic E-state index is 5.24. The fourth-order valence-corrected chi connectivity index (χ4v) is 6.64. The second kappa shape index (κ2) is 9.48. The Balaban J connectivity index is 1.95. The van der Waals surface area contributed by atoms with Gasteiger partial charge in [-0.3, -0.25) is 0 Å². The van der Waals surface area contributed by atoms with Crippen molar-refractivity contribution >= 4 is 32.6 Å². The van der Waals surface area contributed by atoms with Crippen molar-refractivity contribution in [3.8, 4) is 17.1 Å². The number of thiazole rings is 1. The van der Waals surface area contributed by atoms with Gasteiger partial charge in [0.2, 0.25) is 0 Å². The van der Waals surface area contributed by atoms with Gasteiger partial charge >= 0.3 is 0 Å². The van der Waals surface area contributed by atoms with Crippen molar-refractivity contribution < 1.29 is 4.57 Å². The van der Waals surface area contributed by atoms with Gasteiger partial charge in [0.05, 0.1) is 27.8 Å². The molecule has 3 aromatic carbocycles. The van der Waals surface area contributed by atoms with E-state index in [1.165, 1.54) is 54.5 Å². The molecule has 0 bridgehead atoms. The van der Waals surface area contributed by atoms with E-state index in [-0.39, 0.29) is 0 Å². The van der Waals surface area contributed by atoms with Gasteiger partial charge in [0.25, 0.3) is 5.82 Å². The Morgan fingerprint density at radius 3 is 2.17 bits per heavy atom. The van der Waals surface area contributed by atoms with Crippen LogP contribution in [0.4, 0.5) is 0 Å². The van der Waals surface area contributed by atoms with Gasteiger partial charge < -0.3 is 0 Å². The second-order valence-corrected chi connectivity index (χ2v) is 12.2. The monoisotopic (exact) mass is 496 g/mol. The largest absolute Gasteiger partial charge is 0.297 e. The van der Waals surface area contributed by atoms with Crippen molar-refractivity contribution in [1.82, 2.24) is 9.55 Å². The molecule has 0 saturated heterocycles. The van der Waals surface area contributed by atoms with Crippen molar-refractivity contribution in [2.24, 2.45) is 13.0 Å². The van der Waals surface area contributed by atoms with E-state index in [4.69, 9.17) is 4.98 Å². The van der Waals surface area contributed by atoms with Crippen LogP contribution in [0, 0.1) is 12.8 Å². The van der Waals surface area contributed by atoms with E-state index in [1.807, 2.05) is 11.3 Å². The quantitative estimate of drug-likeness (QED) is 0.216. The Bertz CT molecular complexity index is 1540. The summed E-state index contributed by atoms with van der Waals surface area (Å²) in [5.74, 6) is 2.61. The Labute approximate surface area is 219 Å². The molecule has 0 aliphatic heterocycles. The SMILES string of the molecule is Cc1ccc2sc(CC(C)C)nc2c1-c1n(-c2c(C(C)C)cccc2C(C)C)c2ccccc2[n+]1C. The molecule has 2 heterocycles. The van der Waals surface area contributed by atoms with Gasteiger partial charge in [-0.1, -0.05) is 77.9 Å². The summed E-state index contributed by atoms with van der Waals surface area (Å²) in [6, 6.07) is 20.2. The zero-order valence-electron chi connectivity index (χ0n) is 22.9. The number of hydrogen-bond acceptors (Lipinski definition) is 2. The van der Waals surface area contributed by atoms with E-state index in [2.05, 4.69) is 119 Å². The third kappa shape index (κ3) is 4.06. The molecule has 0 saturated carbocycles. The van der Waals surface area contributed by atoms with E-state index in [0.29, 0.717) is 17.8 Å². The van der Waals surface area contributed by atoms with Crippen LogP contribution in [0.2, 0.25) is 0 Å². The number of imidazole rings is 1. The van der Waals surface area contributed by atoms with Crippen LogP contribution < -0.4 is 4.57 Å². The first-order valence-corrected chi connectivity index (χ1v) is 14.0. The van der Waals surface area contributed by atoms with Crippen LogP contribution in [0.5, 0.6) is 0 Å². The summed E-state index contributed by atoms with van der Waals surface area (Å²) in [6.45, 7) is 16.0. The molecule has 0 atom stereocenters. The van der Waals surface area contributed by atoms with E-state index >= 15 is 0 Å². The summed E-state index contributed by atoms with van der Waals surface area (Å²) in [7, 11) is 2.21. The van der Waals surface area contributed by atoms with Gasteiger partial charge in [0.1, 0.15) is 5.69 Å². The molecule has 0 aliphatic carbocycles. The molecule has 0 aliphatic rings. The molecule has 0 amide bonds. The Hall–Kier alpha value is -2.98. The fraction of sp³-hybridized carbons (Fsp3) is 0.375. The molecule has 4 heteroatoms. The van der Waals surface area contributed by atoms with Crippen molar-refractivity contribution in [1.29, 1.82) is 0 Å². The summed E-state index contributed by atoms with van der Waals surface area (Å²) in [5.41, 5.74) is 10.2. The van der Waals surface area contributed by atoms with E-state index in [0.717, 1.165) is 11.9 Å². The van der Waals surface area contributed by atoms with Crippen molar-refractivity contribution in [3.63, 3.8) is 0 Å². The number of hydrogen-bond donors (Lipinski definition) is 0. The molecule has 2 aromatic heterocycles. The number of aryl methyl sites for hydroxylation is 2. The van der Waals surface area contributed by atoms with Gasteiger partial charge in [-0.15, -0.1) is 11.3 Å². The van der Waals surface area contributed by atoms with Gasteiger partial charge in [-0.05, 0) is 48.4 Å². The molecular weight excluding hydrogens is 458 g/mol. The average Bonchev–Trinajstić information content (AvgIpc) is 3.36. The number of fused-ring (bicyclic) bond motifs is 2. The summed E-state index contributed by atoms with van der Waals surface area (Å²) in [5, 5.41) is 1.22. The minimum Gasteiger partial charge on any atom is -0.240 e. The van der Waals surface area contributed by atoms with Gasteiger partial charge in [-0.25, -0.2) is 9.55 Å². The topological polar surface area (TPSA) is 21.7 Å². The zero-order chi connectivity index (χ0) is 25.7. The van der Waals surface area contributed by atoms with Gasteiger partial charge in [0.15, 0.2) is 11.0 Å². The highest BCUT2D eigenvalue weighted by Crippen LogP contribution is 2.40. The lowest BCUT2D eigenvalue weighted by atomic mass is 9.92. The standard InChI is InChI=1S/C32H38N3S/c1-19(2)18-28-33-30-27(36-28)17-16-22(7)29(30)32-34(8)25-14-9-10-15-26(25)35(32)31-23(20(3)4)12-11-13-24(31)21(5)6/h9-17,19-21H,18H2,1-8H3/q+1. The maximum Gasteiger partial charge on any atom is 0.297 e. The molecule has 5 rings (SSSR count). The summed E-state index contributed by atoms with van der Waals surface area (Å²) < 4.78 is 6.17. The molecule has 3 nitrogen and oxygen atoms in total. The second-order valence-electron chi connectivity index (χ2n) is 11.1. The highest BCUT2D eigenvalue weighted by molar-refractivity contribution is 7.18. The first kappa shape index (κ1) is 24.7. The van der Waals surface area contributed by atoms with Crippen LogP contribution in [0.3, 0.4) is 0 Å². The van der Waals surface area contributed by atoms with Crippen molar-refractivity contribution in [2.75, 3.05) is 0 Å². The van der Waals surface area contributed by atoms with Gasteiger partial charge in [-0.2, -0.15) is 4.57 Å². The first-order chi connectivity index (χ1) is 17.2. The smallest absolute Gasteiger partial charge is 0.240 e. The molecule has 186 valence electrons. The highest BCUT2D eigenvalue weighted by atomic mass is 32.1. The minimum atomic E-state index is 0.409. The van der Waals surface area contributed by atoms with Crippen LogP contribution in [0.1, 0.15) is 75.1 Å². The van der Waals surface area contributed by atoms with Crippen LogP contribution >= 0.6 is 11.3 Å². The number of rotatable bonds is 6. The Morgan fingerprint density at radius 2 is 1.53 bits per heavy atom. The molecule has 0 unspecified atom stereocenters. The summed E-state index contributed by atoms with van der Waals surface area (Å²) in [6.07, 6.45) is 1.01. The Kier molecular flexibility index (Phi) is 6.50. The van der Waals surface area contributed by atoms with Crippen molar-refractivity contribution in [3.05, 3.63) is 76.3 Å². The molecule has 36 heavy (non-hydrogen) atoms. The summed E-state index contributed by atoms with van der Waals surface area (Å²) >= 11 is 1.84. The molecule has 0 spiro atoms. The number of benzene rings is 3. The lowest BCUT2D eigenvalue weighted by molar-refractivity contribution is -0.633. The lowest BCUT2D eigenvalue weighted by Gasteiger charge is -2.18. The van der Waals surface area contributed by atoms with E-state index < -0.39 is 0 Å². The van der Waals surface area contributed by atoms with Crippen LogP contribution in [0.15, 0.2) is 54.6 Å². The average molecular weight is 497 g/mol. The Morgan fingerprint density at radius 1 is 0.861 bits per heavy atom. The van der Waals surface area contributed by atoms with E-state index in [9.17, 15) is 0 Å². The van der Waals surface area contributed by atoms with Crippen LogP contribution in [0.25, 0.3) is 38.3 Å². The fourth-order valence-electron chi connectivity index (χ4n) is 5.45. The molecule has 5 aromatic rings. The summed E-state index contributed by atoms with van der Waals surface area (Å²) in [4.78, 5) is 5.24. The van der Waals surface area contributed by atoms with Gasteiger partial charge in [0, 0.05) is 17.5 Å². The van der Waals surface area contributed by atoms with E-state index in [1.54, 1.807) is 0 Å². The molecule has 0 fully saturated rings. The third-order valence-electron chi connectivity index (χ3n) is 7.20. The number of aromatic nitrogens is 3.